The standard InChI is InChI=1S/C19H25F2N3O/c1-11(2)10-24-14(5)16(13(4)23-24)9-19(25)22-12(3)17-8-15(20)6-7-18(17)21/h6-8,11-12H,9-10H2,1-5H3,(H,22,25). The summed E-state index contributed by atoms with van der Waals surface area (Å²) < 4.78 is 29.0. The topological polar surface area (TPSA) is 46.9 Å². The first kappa shape index (κ1) is 19.1. The van der Waals surface area contributed by atoms with Crippen molar-refractivity contribution in [3.8, 4) is 0 Å². The highest BCUT2D eigenvalue weighted by Crippen LogP contribution is 2.19. The van der Waals surface area contributed by atoms with Gasteiger partial charge in [-0.25, -0.2) is 8.78 Å². The number of nitrogens with zero attached hydrogens (tertiary/aromatic N) is 2. The van der Waals surface area contributed by atoms with Crippen LogP contribution in [0.15, 0.2) is 18.2 Å². The minimum absolute atomic E-state index is 0.136. The smallest absolute Gasteiger partial charge is 0.225 e. The van der Waals surface area contributed by atoms with Crippen LogP contribution in [0.4, 0.5) is 8.78 Å². The number of halogens is 2. The quantitative estimate of drug-likeness (QED) is 0.861. The molecule has 1 N–H and O–H groups in total. The van der Waals surface area contributed by atoms with E-state index in [0.29, 0.717) is 5.92 Å². The van der Waals surface area contributed by atoms with E-state index < -0.39 is 17.7 Å². The number of aromatic nitrogens is 2. The van der Waals surface area contributed by atoms with Crippen LogP contribution in [-0.2, 0) is 17.8 Å². The molecule has 0 aliphatic carbocycles. The molecule has 6 heteroatoms. The van der Waals surface area contributed by atoms with E-state index in [-0.39, 0.29) is 17.9 Å². The molecule has 1 aromatic carbocycles. The van der Waals surface area contributed by atoms with Crippen molar-refractivity contribution in [3.63, 3.8) is 0 Å². The van der Waals surface area contributed by atoms with Crippen LogP contribution in [0.25, 0.3) is 0 Å². The molecule has 1 heterocycles. The highest BCUT2D eigenvalue weighted by molar-refractivity contribution is 5.79. The molecule has 0 saturated heterocycles. The van der Waals surface area contributed by atoms with Crippen LogP contribution in [-0.4, -0.2) is 15.7 Å². The van der Waals surface area contributed by atoms with E-state index in [0.717, 1.165) is 41.7 Å². The minimum Gasteiger partial charge on any atom is -0.349 e. The summed E-state index contributed by atoms with van der Waals surface area (Å²) >= 11 is 0. The van der Waals surface area contributed by atoms with E-state index >= 15 is 0 Å². The number of aryl methyl sites for hydroxylation is 1. The van der Waals surface area contributed by atoms with Crippen LogP contribution in [0.5, 0.6) is 0 Å². The third-order valence-electron chi connectivity index (χ3n) is 4.21. The summed E-state index contributed by atoms with van der Waals surface area (Å²) in [6.45, 7) is 10.5. The van der Waals surface area contributed by atoms with Crippen molar-refractivity contribution in [1.29, 1.82) is 0 Å². The maximum atomic E-state index is 13.8. The molecule has 0 fully saturated rings. The molecule has 25 heavy (non-hydrogen) atoms. The molecule has 136 valence electrons. The zero-order chi connectivity index (χ0) is 18.7. The number of carbonyl (C=O) groups excluding carboxylic acids is 1. The number of carbonyl (C=O) groups is 1. The van der Waals surface area contributed by atoms with Crippen molar-refractivity contribution in [2.45, 2.75) is 53.6 Å². The molecule has 0 bridgehead atoms. The lowest BCUT2D eigenvalue weighted by Gasteiger charge is -2.15. The Kier molecular flexibility index (Phi) is 5.93. The highest BCUT2D eigenvalue weighted by atomic mass is 19.1. The Labute approximate surface area is 147 Å². The Hall–Kier alpha value is -2.24. The fourth-order valence-electron chi connectivity index (χ4n) is 2.89. The zero-order valence-electron chi connectivity index (χ0n) is 15.4. The Morgan fingerprint density at radius 1 is 1.24 bits per heavy atom. The highest BCUT2D eigenvalue weighted by Gasteiger charge is 2.18. The molecule has 0 aliphatic rings. The number of amides is 1. The third kappa shape index (κ3) is 4.65. The number of nitrogens with one attached hydrogen (secondary N) is 1. The predicted octanol–water partition coefficient (Wildman–Crippen LogP) is 3.85. The van der Waals surface area contributed by atoms with Crippen LogP contribution >= 0.6 is 0 Å². The second-order valence-electron chi connectivity index (χ2n) is 6.86. The van der Waals surface area contributed by atoms with E-state index in [4.69, 9.17) is 0 Å². The van der Waals surface area contributed by atoms with E-state index in [9.17, 15) is 13.6 Å². The Bertz CT molecular complexity index is 768. The van der Waals surface area contributed by atoms with Crippen LogP contribution in [0.2, 0.25) is 0 Å². The molecule has 2 aromatic rings. The molecular weight excluding hydrogens is 324 g/mol. The molecule has 0 spiro atoms. The minimum atomic E-state index is -0.616. The van der Waals surface area contributed by atoms with Gasteiger partial charge in [-0.05, 0) is 44.9 Å². The van der Waals surface area contributed by atoms with Crippen molar-refractivity contribution in [1.82, 2.24) is 15.1 Å². The van der Waals surface area contributed by atoms with Gasteiger partial charge in [-0.15, -0.1) is 0 Å². The lowest BCUT2D eigenvalue weighted by Crippen LogP contribution is -2.29. The average molecular weight is 349 g/mol. The summed E-state index contributed by atoms with van der Waals surface area (Å²) in [5.41, 5.74) is 2.80. The first-order valence-electron chi connectivity index (χ1n) is 8.46. The summed E-state index contributed by atoms with van der Waals surface area (Å²) in [7, 11) is 0. The first-order valence-corrected chi connectivity index (χ1v) is 8.46. The molecule has 0 aliphatic heterocycles. The van der Waals surface area contributed by atoms with Gasteiger partial charge in [0.1, 0.15) is 11.6 Å². The first-order chi connectivity index (χ1) is 11.7. The number of hydrogen-bond donors (Lipinski definition) is 1. The van der Waals surface area contributed by atoms with Gasteiger partial charge in [0.15, 0.2) is 0 Å². The van der Waals surface area contributed by atoms with E-state index in [1.165, 1.54) is 0 Å². The molecule has 1 unspecified atom stereocenters. The van der Waals surface area contributed by atoms with Gasteiger partial charge < -0.3 is 5.32 Å². The zero-order valence-corrected chi connectivity index (χ0v) is 15.4. The Balaban J connectivity index is 2.10. The van der Waals surface area contributed by atoms with E-state index in [1.807, 2.05) is 18.5 Å². The van der Waals surface area contributed by atoms with Gasteiger partial charge in [0.05, 0.1) is 18.2 Å². The van der Waals surface area contributed by atoms with Gasteiger partial charge in [-0.1, -0.05) is 13.8 Å². The maximum absolute atomic E-state index is 13.8. The van der Waals surface area contributed by atoms with Crippen molar-refractivity contribution in [2.24, 2.45) is 5.92 Å². The predicted molar refractivity (Wildman–Crippen MR) is 93.2 cm³/mol. The Morgan fingerprint density at radius 3 is 2.56 bits per heavy atom. The van der Waals surface area contributed by atoms with Gasteiger partial charge in [-0.3, -0.25) is 9.48 Å². The molecule has 1 amide bonds. The summed E-state index contributed by atoms with van der Waals surface area (Å²) in [5, 5.41) is 7.23. The fourth-order valence-corrected chi connectivity index (χ4v) is 2.89. The third-order valence-corrected chi connectivity index (χ3v) is 4.21. The molecule has 2 rings (SSSR count). The molecule has 0 saturated carbocycles. The summed E-state index contributed by atoms with van der Waals surface area (Å²) in [5.74, 6) is -0.854. The summed E-state index contributed by atoms with van der Waals surface area (Å²) in [4.78, 5) is 12.4. The lowest BCUT2D eigenvalue weighted by atomic mass is 10.1. The van der Waals surface area contributed by atoms with Crippen LogP contribution in [0.3, 0.4) is 0 Å². The van der Waals surface area contributed by atoms with Crippen molar-refractivity contribution >= 4 is 5.91 Å². The molecule has 1 aromatic heterocycles. The van der Waals surface area contributed by atoms with Crippen LogP contribution in [0, 0.1) is 31.4 Å². The van der Waals surface area contributed by atoms with E-state index in [1.54, 1.807) is 6.92 Å². The number of benzene rings is 1. The van der Waals surface area contributed by atoms with Crippen molar-refractivity contribution in [2.75, 3.05) is 0 Å². The van der Waals surface area contributed by atoms with E-state index in [2.05, 4.69) is 24.3 Å². The second-order valence-corrected chi connectivity index (χ2v) is 6.86. The SMILES string of the molecule is Cc1nn(CC(C)C)c(C)c1CC(=O)NC(C)c1cc(F)ccc1F. The monoisotopic (exact) mass is 349 g/mol. The number of hydrogen-bond acceptors (Lipinski definition) is 2. The van der Waals surface area contributed by atoms with Crippen LogP contribution < -0.4 is 5.32 Å². The summed E-state index contributed by atoms with van der Waals surface area (Å²) in [6.07, 6.45) is 0.164. The van der Waals surface area contributed by atoms with Crippen molar-refractivity contribution < 1.29 is 13.6 Å². The number of rotatable bonds is 6. The lowest BCUT2D eigenvalue weighted by molar-refractivity contribution is -0.121. The van der Waals surface area contributed by atoms with Crippen LogP contribution in [0.1, 0.15) is 49.3 Å². The van der Waals surface area contributed by atoms with Gasteiger partial charge in [0.2, 0.25) is 5.91 Å². The Morgan fingerprint density at radius 2 is 1.92 bits per heavy atom. The van der Waals surface area contributed by atoms with Crippen molar-refractivity contribution in [3.05, 3.63) is 52.3 Å². The average Bonchev–Trinajstić information content (AvgIpc) is 2.76. The molecule has 1 atom stereocenters. The second kappa shape index (κ2) is 7.76. The fraction of sp³-hybridized carbons (Fsp3) is 0.474. The molecular formula is C19H25F2N3O. The molecule has 0 radical (unpaired) electrons. The van der Waals surface area contributed by atoms with Gasteiger partial charge in [0.25, 0.3) is 0 Å². The summed E-state index contributed by atoms with van der Waals surface area (Å²) in [6, 6.07) is 2.62. The van der Waals surface area contributed by atoms with Gasteiger partial charge >= 0.3 is 0 Å². The molecule has 4 nitrogen and oxygen atoms in total. The largest absolute Gasteiger partial charge is 0.349 e. The maximum Gasteiger partial charge on any atom is 0.225 e. The van der Waals surface area contributed by atoms with Gasteiger partial charge in [0, 0.05) is 23.4 Å². The normalized spacial score (nSPS) is 12.5. The van der Waals surface area contributed by atoms with Gasteiger partial charge in [-0.2, -0.15) is 5.10 Å².